The van der Waals surface area contributed by atoms with Gasteiger partial charge in [0.1, 0.15) is 24.0 Å². The normalized spacial score (nSPS) is 15.8. The van der Waals surface area contributed by atoms with Crippen molar-refractivity contribution in [3.05, 3.63) is 66.6 Å². The van der Waals surface area contributed by atoms with Crippen LogP contribution < -0.4 is 20.3 Å². The van der Waals surface area contributed by atoms with E-state index in [0.717, 1.165) is 54.6 Å². The van der Waals surface area contributed by atoms with Crippen LogP contribution in [-0.2, 0) is 0 Å². The van der Waals surface area contributed by atoms with E-state index in [2.05, 4.69) is 25.5 Å². The van der Waals surface area contributed by atoms with Crippen molar-refractivity contribution in [1.29, 1.82) is 0 Å². The first-order valence-electron chi connectivity index (χ1n) is 12.3. The van der Waals surface area contributed by atoms with E-state index in [9.17, 15) is 0 Å². The van der Waals surface area contributed by atoms with Gasteiger partial charge in [-0.3, -0.25) is 4.98 Å². The van der Waals surface area contributed by atoms with Crippen molar-refractivity contribution in [2.24, 2.45) is 0 Å². The highest BCUT2D eigenvalue weighted by Crippen LogP contribution is 2.44. The number of nitrogens with one attached hydrogen (secondary N) is 2. The molecule has 0 bridgehead atoms. The van der Waals surface area contributed by atoms with Gasteiger partial charge in [0.15, 0.2) is 5.82 Å². The average Bonchev–Trinajstić information content (AvgIpc) is 3.77. The highest BCUT2D eigenvalue weighted by molar-refractivity contribution is 5.94. The zero-order chi connectivity index (χ0) is 23.5. The first-order chi connectivity index (χ1) is 17.3. The molecule has 8 heteroatoms. The summed E-state index contributed by atoms with van der Waals surface area (Å²) in [4.78, 5) is 21.5. The molecule has 1 saturated carbocycles. The van der Waals surface area contributed by atoms with Gasteiger partial charge in [-0.15, -0.1) is 0 Å². The SMILES string of the molecule is c1ccc(OCCNc2cc(-c3nc(N4CCNCC4)c4c(C5CC5)cncc4n3)ccn2)cc1. The van der Waals surface area contributed by atoms with Gasteiger partial charge in [0.05, 0.1) is 18.3 Å². The number of anilines is 2. The van der Waals surface area contributed by atoms with E-state index in [1.807, 2.05) is 54.9 Å². The first-order valence-corrected chi connectivity index (χ1v) is 12.3. The zero-order valence-electron chi connectivity index (χ0n) is 19.7. The van der Waals surface area contributed by atoms with Crippen molar-refractivity contribution in [2.45, 2.75) is 18.8 Å². The Kier molecular flexibility index (Phi) is 6.11. The molecular formula is C27H29N7O. The summed E-state index contributed by atoms with van der Waals surface area (Å²) < 4.78 is 5.78. The van der Waals surface area contributed by atoms with Crippen LogP contribution in [0.5, 0.6) is 5.75 Å². The molecule has 0 amide bonds. The summed E-state index contributed by atoms with van der Waals surface area (Å²) in [6, 6.07) is 13.8. The summed E-state index contributed by atoms with van der Waals surface area (Å²) in [6.45, 7) is 4.97. The van der Waals surface area contributed by atoms with Gasteiger partial charge >= 0.3 is 0 Å². The summed E-state index contributed by atoms with van der Waals surface area (Å²) in [5, 5.41) is 7.96. The monoisotopic (exact) mass is 467 g/mol. The number of hydrogen-bond donors (Lipinski definition) is 2. The van der Waals surface area contributed by atoms with Crippen LogP contribution in [-0.4, -0.2) is 59.3 Å². The van der Waals surface area contributed by atoms with E-state index in [0.29, 0.717) is 24.9 Å². The number of piperazine rings is 1. The molecule has 0 atom stereocenters. The van der Waals surface area contributed by atoms with Crippen LogP contribution in [0.15, 0.2) is 61.1 Å². The van der Waals surface area contributed by atoms with Gasteiger partial charge in [-0.25, -0.2) is 15.0 Å². The Morgan fingerprint density at radius 1 is 1.03 bits per heavy atom. The molecule has 1 aliphatic heterocycles. The van der Waals surface area contributed by atoms with Crippen molar-refractivity contribution >= 4 is 22.5 Å². The molecule has 4 heterocycles. The lowest BCUT2D eigenvalue weighted by atomic mass is 10.1. The van der Waals surface area contributed by atoms with Gasteiger partial charge in [-0.05, 0) is 48.6 Å². The minimum absolute atomic E-state index is 0.547. The molecule has 2 fully saturated rings. The molecule has 2 N–H and O–H groups in total. The lowest BCUT2D eigenvalue weighted by molar-refractivity contribution is 0.333. The Morgan fingerprint density at radius 2 is 1.89 bits per heavy atom. The lowest BCUT2D eigenvalue weighted by Crippen LogP contribution is -2.44. The van der Waals surface area contributed by atoms with Crippen molar-refractivity contribution in [3.8, 4) is 17.1 Å². The van der Waals surface area contributed by atoms with Crippen LogP contribution >= 0.6 is 0 Å². The van der Waals surface area contributed by atoms with Gasteiger partial charge in [0.25, 0.3) is 0 Å². The number of fused-ring (bicyclic) bond motifs is 1. The van der Waals surface area contributed by atoms with Crippen LogP contribution in [0.25, 0.3) is 22.3 Å². The van der Waals surface area contributed by atoms with E-state index >= 15 is 0 Å². The van der Waals surface area contributed by atoms with Crippen LogP contribution in [0.2, 0.25) is 0 Å². The van der Waals surface area contributed by atoms with Crippen LogP contribution in [0.4, 0.5) is 11.6 Å². The molecule has 178 valence electrons. The summed E-state index contributed by atoms with van der Waals surface area (Å²) in [7, 11) is 0. The summed E-state index contributed by atoms with van der Waals surface area (Å²) in [5.74, 6) is 3.94. The second-order valence-corrected chi connectivity index (χ2v) is 9.02. The minimum Gasteiger partial charge on any atom is -0.492 e. The second kappa shape index (κ2) is 9.84. The molecule has 8 nitrogen and oxygen atoms in total. The zero-order valence-corrected chi connectivity index (χ0v) is 19.7. The third-order valence-electron chi connectivity index (χ3n) is 6.49. The average molecular weight is 468 g/mol. The number of rotatable bonds is 8. The fourth-order valence-electron chi connectivity index (χ4n) is 4.56. The number of nitrogens with zero attached hydrogens (tertiary/aromatic N) is 5. The van der Waals surface area contributed by atoms with Gasteiger partial charge in [-0.2, -0.15) is 0 Å². The van der Waals surface area contributed by atoms with E-state index < -0.39 is 0 Å². The topological polar surface area (TPSA) is 88.1 Å². The van der Waals surface area contributed by atoms with Crippen LogP contribution in [0.3, 0.4) is 0 Å². The first kappa shape index (κ1) is 21.7. The fraction of sp³-hybridized carbons (Fsp3) is 0.333. The van der Waals surface area contributed by atoms with Crippen molar-refractivity contribution in [2.75, 3.05) is 49.5 Å². The number of ether oxygens (including phenoxy) is 1. The van der Waals surface area contributed by atoms with E-state index in [-0.39, 0.29) is 0 Å². The molecule has 1 saturated heterocycles. The van der Waals surface area contributed by atoms with Gasteiger partial charge < -0.3 is 20.3 Å². The standard InChI is InChI=1S/C27H29N7O/c1-2-4-21(5-3-1)35-15-12-31-24-16-20(8-9-30-24)26-32-23-18-29-17-22(19-6-7-19)25(23)27(33-26)34-13-10-28-11-14-34/h1-5,8-9,16-19,28H,6-7,10-15H2,(H,30,31). The molecule has 4 aromatic rings. The maximum atomic E-state index is 5.78. The maximum absolute atomic E-state index is 5.78. The molecule has 35 heavy (non-hydrogen) atoms. The molecule has 0 unspecified atom stereocenters. The lowest BCUT2D eigenvalue weighted by Gasteiger charge is -2.30. The Labute approximate surface area is 204 Å². The van der Waals surface area contributed by atoms with E-state index in [4.69, 9.17) is 14.7 Å². The van der Waals surface area contributed by atoms with Crippen molar-refractivity contribution in [3.63, 3.8) is 0 Å². The maximum Gasteiger partial charge on any atom is 0.162 e. The third kappa shape index (κ3) is 4.88. The number of hydrogen-bond acceptors (Lipinski definition) is 8. The van der Waals surface area contributed by atoms with Gasteiger partial charge in [0.2, 0.25) is 0 Å². The summed E-state index contributed by atoms with van der Waals surface area (Å²) in [5.41, 5.74) is 3.13. The third-order valence-corrected chi connectivity index (χ3v) is 6.49. The highest BCUT2D eigenvalue weighted by atomic mass is 16.5. The predicted molar refractivity (Wildman–Crippen MR) is 138 cm³/mol. The number of para-hydroxylation sites is 1. The van der Waals surface area contributed by atoms with Gasteiger partial charge in [0, 0.05) is 49.5 Å². The second-order valence-electron chi connectivity index (χ2n) is 9.02. The van der Waals surface area contributed by atoms with Crippen molar-refractivity contribution < 1.29 is 4.74 Å². The Balaban J connectivity index is 1.27. The van der Waals surface area contributed by atoms with Crippen LogP contribution in [0, 0.1) is 0 Å². The van der Waals surface area contributed by atoms with Crippen LogP contribution in [0.1, 0.15) is 24.3 Å². The molecular weight excluding hydrogens is 438 g/mol. The fourth-order valence-corrected chi connectivity index (χ4v) is 4.56. The molecule has 6 rings (SSSR count). The van der Waals surface area contributed by atoms with Gasteiger partial charge in [-0.1, -0.05) is 18.2 Å². The number of benzene rings is 1. The molecule has 2 aliphatic rings. The minimum atomic E-state index is 0.547. The summed E-state index contributed by atoms with van der Waals surface area (Å²) >= 11 is 0. The molecule has 0 radical (unpaired) electrons. The van der Waals surface area contributed by atoms with E-state index in [1.54, 1.807) is 6.20 Å². The number of aromatic nitrogens is 4. The summed E-state index contributed by atoms with van der Waals surface area (Å²) in [6.07, 6.45) is 8.13. The Hall–Kier alpha value is -3.78. The largest absolute Gasteiger partial charge is 0.492 e. The Bertz CT molecular complexity index is 1300. The Morgan fingerprint density at radius 3 is 2.71 bits per heavy atom. The van der Waals surface area contributed by atoms with Crippen molar-refractivity contribution in [1.82, 2.24) is 25.3 Å². The molecule has 0 spiro atoms. The smallest absolute Gasteiger partial charge is 0.162 e. The van der Waals surface area contributed by atoms with E-state index in [1.165, 1.54) is 23.8 Å². The molecule has 1 aliphatic carbocycles. The highest BCUT2D eigenvalue weighted by Gasteiger charge is 2.29. The molecule has 1 aromatic carbocycles. The predicted octanol–water partition coefficient (Wildman–Crippen LogP) is 3.86. The quantitative estimate of drug-likeness (QED) is 0.378. The molecule has 3 aromatic heterocycles. The number of pyridine rings is 2.